The van der Waals surface area contributed by atoms with E-state index in [0.717, 1.165) is 5.56 Å². The number of hydrogen-bond acceptors (Lipinski definition) is 2. The summed E-state index contributed by atoms with van der Waals surface area (Å²) in [6.07, 6.45) is 2.04. The molecule has 0 unspecified atom stereocenters. The predicted octanol–water partition coefficient (Wildman–Crippen LogP) is 2.88. The average Bonchev–Trinajstić information content (AvgIpc) is 2.61. The molecule has 1 aliphatic rings. The first-order valence-electron chi connectivity index (χ1n) is 7.91. The van der Waals surface area contributed by atoms with Crippen LogP contribution in [0.1, 0.15) is 28.2 Å². The Balaban J connectivity index is 2.04. The number of nitrogens with zero attached hydrogens (tertiary/aromatic N) is 1. The third kappa shape index (κ3) is 3.20. The van der Waals surface area contributed by atoms with Crippen LogP contribution in [-0.4, -0.2) is 29.1 Å². The molecule has 0 spiro atoms. The normalized spacial score (nSPS) is 16.7. The van der Waals surface area contributed by atoms with E-state index in [1.165, 1.54) is 22.8 Å². The van der Waals surface area contributed by atoms with Crippen LogP contribution in [0.25, 0.3) is 0 Å². The quantitative estimate of drug-likeness (QED) is 0.882. The van der Waals surface area contributed by atoms with E-state index in [2.05, 4.69) is 30.8 Å². The zero-order valence-electron chi connectivity index (χ0n) is 13.1. The number of aliphatic hydroxyl groups excluding tert-OH is 1. The highest BCUT2D eigenvalue weighted by atomic mass is 16.3. The molecule has 1 atom stereocenters. The second-order valence-electron chi connectivity index (χ2n) is 5.89. The molecule has 3 heteroatoms. The van der Waals surface area contributed by atoms with Crippen molar-refractivity contribution >= 4 is 5.91 Å². The van der Waals surface area contributed by atoms with Crippen molar-refractivity contribution < 1.29 is 9.90 Å². The zero-order valence-corrected chi connectivity index (χ0v) is 13.1. The van der Waals surface area contributed by atoms with Crippen LogP contribution in [0.15, 0.2) is 61.2 Å². The van der Waals surface area contributed by atoms with Crippen LogP contribution in [-0.2, 0) is 17.8 Å². The van der Waals surface area contributed by atoms with Crippen molar-refractivity contribution in [3.8, 4) is 0 Å². The molecule has 0 aliphatic carbocycles. The summed E-state index contributed by atoms with van der Waals surface area (Å²) in [4.78, 5) is 13.9. The molecule has 1 heterocycles. The average molecular weight is 307 g/mol. The Bertz CT molecular complexity index is 709. The van der Waals surface area contributed by atoms with Gasteiger partial charge in [-0.2, -0.15) is 0 Å². The van der Waals surface area contributed by atoms with E-state index in [9.17, 15) is 9.90 Å². The number of rotatable bonds is 4. The summed E-state index contributed by atoms with van der Waals surface area (Å²) in [5.41, 5.74) is 4.77. The molecule has 1 aliphatic heterocycles. The van der Waals surface area contributed by atoms with Crippen molar-refractivity contribution in [1.29, 1.82) is 0 Å². The van der Waals surface area contributed by atoms with Gasteiger partial charge in [-0.15, -0.1) is 0 Å². The van der Waals surface area contributed by atoms with Crippen LogP contribution in [0.3, 0.4) is 0 Å². The van der Waals surface area contributed by atoms with Crippen molar-refractivity contribution in [2.24, 2.45) is 0 Å². The lowest BCUT2D eigenvalue weighted by atomic mass is 9.83. The van der Waals surface area contributed by atoms with Crippen molar-refractivity contribution in [3.63, 3.8) is 0 Å². The second kappa shape index (κ2) is 6.80. The molecule has 2 aromatic carbocycles. The first-order chi connectivity index (χ1) is 11.2. The van der Waals surface area contributed by atoms with E-state index in [0.29, 0.717) is 19.5 Å². The Morgan fingerprint density at radius 3 is 2.74 bits per heavy atom. The zero-order chi connectivity index (χ0) is 16.2. The van der Waals surface area contributed by atoms with Gasteiger partial charge in [0.2, 0.25) is 5.91 Å². The number of carbonyl (C=O) groups is 1. The first-order valence-corrected chi connectivity index (χ1v) is 7.91. The van der Waals surface area contributed by atoms with Gasteiger partial charge in [0.1, 0.15) is 0 Å². The summed E-state index contributed by atoms with van der Waals surface area (Å²) in [5, 5.41) is 9.19. The number of hydrogen-bond donors (Lipinski definition) is 1. The number of benzene rings is 2. The lowest BCUT2D eigenvalue weighted by Gasteiger charge is -2.35. The van der Waals surface area contributed by atoms with Crippen molar-refractivity contribution in [3.05, 3.63) is 83.4 Å². The minimum Gasteiger partial charge on any atom is -0.396 e. The van der Waals surface area contributed by atoms with Crippen LogP contribution in [0, 0.1) is 0 Å². The molecule has 1 N–H and O–H groups in total. The van der Waals surface area contributed by atoms with Gasteiger partial charge in [0, 0.05) is 25.6 Å². The van der Waals surface area contributed by atoms with Gasteiger partial charge in [-0.25, -0.2) is 0 Å². The fraction of sp³-hybridized carbons (Fsp3) is 0.250. The molecule has 0 aromatic heterocycles. The molecule has 0 saturated heterocycles. The van der Waals surface area contributed by atoms with Gasteiger partial charge in [-0.1, -0.05) is 55.1 Å². The third-order valence-corrected chi connectivity index (χ3v) is 4.44. The highest BCUT2D eigenvalue weighted by Gasteiger charge is 2.28. The molecule has 0 bridgehead atoms. The van der Waals surface area contributed by atoms with Gasteiger partial charge in [-0.3, -0.25) is 4.79 Å². The van der Waals surface area contributed by atoms with Gasteiger partial charge in [0.05, 0.1) is 0 Å². The summed E-state index contributed by atoms with van der Waals surface area (Å²) < 4.78 is 0. The Kier molecular flexibility index (Phi) is 4.58. The lowest BCUT2D eigenvalue weighted by molar-refractivity contribution is -0.127. The predicted molar refractivity (Wildman–Crippen MR) is 91.1 cm³/mol. The molecule has 0 radical (unpaired) electrons. The molecule has 2 aromatic rings. The number of fused-ring (bicyclic) bond motifs is 1. The summed E-state index contributed by atoms with van der Waals surface area (Å²) in [5.74, 6) is 0.124. The molecular weight excluding hydrogens is 286 g/mol. The van der Waals surface area contributed by atoms with E-state index in [4.69, 9.17) is 0 Å². The van der Waals surface area contributed by atoms with E-state index in [-0.39, 0.29) is 18.4 Å². The van der Waals surface area contributed by atoms with Crippen LogP contribution in [0.4, 0.5) is 0 Å². The van der Waals surface area contributed by atoms with E-state index >= 15 is 0 Å². The molecule has 3 rings (SSSR count). The second-order valence-corrected chi connectivity index (χ2v) is 5.89. The van der Waals surface area contributed by atoms with Crippen LogP contribution in [0.2, 0.25) is 0 Å². The molecule has 3 nitrogen and oxygen atoms in total. The van der Waals surface area contributed by atoms with Crippen LogP contribution < -0.4 is 0 Å². The maximum absolute atomic E-state index is 12.1. The number of aliphatic hydroxyl groups is 1. The maximum Gasteiger partial charge on any atom is 0.246 e. The molecule has 23 heavy (non-hydrogen) atoms. The molecule has 118 valence electrons. The first kappa shape index (κ1) is 15.5. The minimum absolute atomic E-state index is 0.0315. The number of carbonyl (C=O) groups excluding carboxylic acids is 1. The third-order valence-electron chi connectivity index (χ3n) is 4.44. The molecule has 0 saturated carbocycles. The van der Waals surface area contributed by atoms with Crippen LogP contribution >= 0.6 is 0 Å². The smallest absolute Gasteiger partial charge is 0.246 e. The van der Waals surface area contributed by atoms with E-state index in [1.54, 1.807) is 0 Å². The fourth-order valence-electron chi connectivity index (χ4n) is 3.25. The monoisotopic (exact) mass is 307 g/mol. The highest BCUT2D eigenvalue weighted by Crippen LogP contribution is 2.34. The van der Waals surface area contributed by atoms with Crippen molar-refractivity contribution in [1.82, 2.24) is 4.90 Å². The Morgan fingerprint density at radius 1 is 1.26 bits per heavy atom. The maximum atomic E-state index is 12.1. The Labute approximate surface area is 136 Å². The van der Waals surface area contributed by atoms with Crippen molar-refractivity contribution in [2.75, 3.05) is 13.2 Å². The van der Waals surface area contributed by atoms with Crippen LogP contribution in [0.5, 0.6) is 0 Å². The minimum atomic E-state index is -0.0315. The summed E-state index contributed by atoms with van der Waals surface area (Å²) in [6.45, 7) is 5.03. The van der Waals surface area contributed by atoms with Gasteiger partial charge >= 0.3 is 0 Å². The topological polar surface area (TPSA) is 40.5 Å². The molecular formula is C20H21NO2. The largest absolute Gasteiger partial charge is 0.396 e. The van der Waals surface area contributed by atoms with E-state index in [1.807, 2.05) is 29.2 Å². The lowest BCUT2D eigenvalue weighted by Crippen LogP contribution is -2.37. The van der Waals surface area contributed by atoms with Gasteiger partial charge in [-0.05, 0) is 34.8 Å². The fourth-order valence-corrected chi connectivity index (χ4v) is 3.25. The highest BCUT2D eigenvalue weighted by molar-refractivity contribution is 5.87. The summed E-state index contributed by atoms with van der Waals surface area (Å²) >= 11 is 0. The summed E-state index contributed by atoms with van der Waals surface area (Å²) in [7, 11) is 0. The summed E-state index contributed by atoms with van der Waals surface area (Å²) in [6, 6.07) is 16.6. The van der Waals surface area contributed by atoms with E-state index < -0.39 is 0 Å². The molecule has 1 amide bonds. The van der Waals surface area contributed by atoms with Crippen molar-refractivity contribution in [2.45, 2.75) is 18.9 Å². The standard InChI is InChI=1S/C20H21NO2/c1-2-20(23)21-13-17-9-8-15(10-11-22)12-18(17)19(14-21)16-6-4-3-5-7-16/h2-9,12,19,22H,1,10-11,13-14H2/t19-/m0/s1. The van der Waals surface area contributed by atoms with Gasteiger partial charge in [0.15, 0.2) is 0 Å². The molecule has 0 fully saturated rings. The number of amides is 1. The van der Waals surface area contributed by atoms with Gasteiger partial charge < -0.3 is 10.0 Å². The SMILES string of the molecule is C=CC(=O)N1Cc2ccc(CCO)cc2[C@H](c2ccccc2)C1. The Morgan fingerprint density at radius 2 is 2.04 bits per heavy atom. The van der Waals surface area contributed by atoms with Gasteiger partial charge in [0.25, 0.3) is 0 Å². The Hall–Kier alpha value is -2.39.